The van der Waals surface area contributed by atoms with Crippen molar-refractivity contribution in [1.82, 2.24) is 25.1 Å². The number of nitrogens with one attached hydrogen (secondary N) is 2. The number of hydrogen-bond donors (Lipinski definition) is 2. The number of rotatable bonds is 7. The van der Waals surface area contributed by atoms with Gasteiger partial charge in [0.1, 0.15) is 18.4 Å². The molecular formula is C21H23N5O. The van der Waals surface area contributed by atoms with Gasteiger partial charge in [0.2, 0.25) is 0 Å². The van der Waals surface area contributed by atoms with Crippen molar-refractivity contribution < 1.29 is 4.74 Å². The van der Waals surface area contributed by atoms with Gasteiger partial charge in [0, 0.05) is 23.1 Å². The van der Waals surface area contributed by atoms with Crippen LogP contribution in [0.3, 0.4) is 0 Å². The van der Waals surface area contributed by atoms with Gasteiger partial charge in [0.15, 0.2) is 0 Å². The zero-order chi connectivity index (χ0) is 18.6. The topological polar surface area (TPSA) is 67.8 Å². The summed E-state index contributed by atoms with van der Waals surface area (Å²) in [5, 5.41) is 8.93. The molecule has 6 nitrogen and oxygen atoms in total. The Morgan fingerprint density at radius 2 is 2.04 bits per heavy atom. The maximum absolute atomic E-state index is 5.51. The van der Waals surface area contributed by atoms with Gasteiger partial charge in [-0.05, 0) is 55.3 Å². The van der Waals surface area contributed by atoms with Crippen LogP contribution >= 0.6 is 0 Å². The maximum Gasteiger partial charge on any atom is 0.138 e. The van der Waals surface area contributed by atoms with Gasteiger partial charge in [-0.15, -0.1) is 0 Å². The van der Waals surface area contributed by atoms with Crippen LogP contribution in [0.4, 0.5) is 0 Å². The lowest BCUT2D eigenvalue weighted by atomic mass is 10.1. The number of benzene rings is 2. The van der Waals surface area contributed by atoms with Crippen molar-refractivity contribution in [2.24, 2.45) is 0 Å². The van der Waals surface area contributed by atoms with Crippen molar-refractivity contribution in [3.63, 3.8) is 0 Å². The highest BCUT2D eigenvalue weighted by Gasteiger charge is 2.10. The molecular weight excluding hydrogens is 338 g/mol. The third-order valence-electron chi connectivity index (χ3n) is 4.89. The van der Waals surface area contributed by atoms with Gasteiger partial charge in [-0.3, -0.25) is 0 Å². The van der Waals surface area contributed by atoms with Crippen LogP contribution in [0.1, 0.15) is 24.1 Å². The minimum atomic E-state index is 0.266. The minimum Gasteiger partial charge on any atom is -0.496 e. The SMILES string of the molecule is COc1cccc2[nH]cc(CCNC(C)c3ccc(-n4cncn4)cc3)c12. The van der Waals surface area contributed by atoms with Crippen molar-refractivity contribution in [2.75, 3.05) is 13.7 Å². The first-order valence-electron chi connectivity index (χ1n) is 9.07. The highest BCUT2D eigenvalue weighted by Crippen LogP contribution is 2.28. The van der Waals surface area contributed by atoms with E-state index in [9.17, 15) is 0 Å². The summed E-state index contributed by atoms with van der Waals surface area (Å²) in [4.78, 5) is 7.31. The predicted octanol–water partition coefficient (Wildman–Crippen LogP) is 3.65. The number of aromatic nitrogens is 4. The van der Waals surface area contributed by atoms with Gasteiger partial charge in [0.25, 0.3) is 0 Å². The molecule has 2 aromatic carbocycles. The van der Waals surface area contributed by atoms with E-state index in [0.29, 0.717) is 0 Å². The van der Waals surface area contributed by atoms with Gasteiger partial charge in [-0.25, -0.2) is 9.67 Å². The molecule has 27 heavy (non-hydrogen) atoms. The highest BCUT2D eigenvalue weighted by atomic mass is 16.5. The summed E-state index contributed by atoms with van der Waals surface area (Å²) in [6, 6.07) is 14.7. The number of aromatic amines is 1. The molecule has 0 aliphatic carbocycles. The first kappa shape index (κ1) is 17.3. The number of hydrogen-bond acceptors (Lipinski definition) is 4. The highest BCUT2D eigenvalue weighted by molar-refractivity contribution is 5.89. The summed E-state index contributed by atoms with van der Waals surface area (Å²) in [7, 11) is 1.72. The molecule has 6 heteroatoms. The third-order valence-corrected chi connectivity index (χ3v) is 4.89. The Hall–Kier alpha value is -3.12. The lowest BCUT2D eigenvalue weighted by Gasteiger charge is -2.15. The second-order valence-corrected chi connectivity index (χ2v) is 6.55. The molecule has 0 saturated carbocycles. The Balaban J connectivity index is 1.39. The molecule has 0 aliphatic heterocycles. The Kier molecular flexibility index (Phi) is 4.89. The number of nitrogens with zero attached hydrogens (tertiary/aromatic N) is 3. The molecule has 2 heterocycles. The number of fused-ring (bicyclic) bond motifs is 1. The summed E-state index contributed by atoms with van der Waals surface area (Å²) < 4.78 is 7.27. The molecule has 0 saturated heterocycles. The first-order valence-corrected chi connectivity index (χ1v) is 9.07. The lowest BCUT2D eigenvalue weighted by molar-refractivity contribution is 0.419. The van der Waals surface area contributed by atoms with E-state index in [1.54, 1.807) is 18.1 Å². The average Bonchev–Trinajstić information content (AvgIpc) is 3.38. The second kappa shape index (κ2) is 7.63. The maximum atomic E-state index is 5.51. The van der Waals surface area contributed by atoms with Crippen molar-refractivity contribution in [3.8, 4) is 11.4 Å². The number of H-pyrrole nitrogens is 1. The molecule has 2 N–H and O–H groups in total. The second-order valence-electron chi connectivity index (χ2n) is 6.55. The molecule has 2 aromatic heterocycles. The average molecular weight is 361 g/mol. The van der Waals surface area contributed by atoms with E-state index in [0.717, 1.165) is 29.9 Å². The van der Waals surface area contributed by atoms with Crippen LogP contribution in [-0.2, 0) is 6.42 Å². The molecule has 0 spiro atoms. The fourth-order valence-corrected chi connectivity index (χ4v) is 3.39. The molecule has 4 rings (SSSR count). The van der Waals surface area contributed by atoms with Crippen LogP contribution in [0.15, 0.2) is 61.3 Å². The molecule has 138 valence electrons. The largest absolute Gasteiger partial charge is 0.496 e. The molecule has 0 amide bonds. The van der Waals surface area contributed by atoms with Crippen LogP contribution in [0.5, 0.6) is 5.75 Å². The van der Waals surface area contributed by atoms with Gasteiger partial charge >= 0.3 is 0 Å². The molecule has 1 atom stereocenters. The molecule has 0 aliphatic rings. The molecule has 0 bridgehead atoms. The summed E-state index contributed by atoms with van der Waals surface area (Å²) in [5.41, 5.74) is 4.63. The normalized spacial score (nSPS) is 12.4. The van der Waals surface area contributed by atoms with Crippen molar-refractivity contribution in [2.45, 2.75) is 19.4 Å². The van der Waals surface area contributed by atoms with E-state index >= 15 is 0 Å². The first-order chi connectivity index (χ1) is 13.3. The van der Waals surface area contributed by atoms with Crippen molar-refractivity contribution in [3.05, 3.63) is 72.4 Å². The summed E-state index contributed by atoms with van der Waals surface area (Å²) >= 11 is 0. The third kappa shape index (κ3) is 3.57. The molecule has 1 unspecified atom stereocenters. The van der Waals surface area contributed by atoms with Gasteiger partial charge in [-0.2, -0.15) is 5.10 Å². The van der Waals surface area contributed by atoms with Gasteiger partial charge in [0.05, 0.1) is 12.8 Å². The molecule has 0 fully saturated rings. The summed E-state index contributed by atoms with van der Waals surface area (Å²) in [6.07, 6.45) is 6.25. The van der Waals surface area contributed by atoms with E-state index in [1.165, 1.54) is 22.8 Å². The zero-order valence-corrected chi connectivity index (χ0v) is 15.5. The van der Waals surface area contributed by atoms with E-state index in [-0.39, 0.29) is 6.04 Å². The Morgan fingerprint density at radius 1 is 1.19 bits per heavy atom. The zero-order valence-electron chi connectivity index (χ0n) is 15.5. The van der Waals surface area contributed by atoms with Crippen LogP contribution in [0, 0.1) is 0 Å². The fourth-order valence-electron chi connectivity index (χ4n) is 3.39. The van der Waals surface area contributed by atoms with Crippen LogP contribution < -0.4 is 10.1 Å². The van der Waals surface area contributed by atoms with Crippen LogP contribution in [-0.4, -0.2) is 33.4 Å². The van der Waals surface area contributed by atoms with Gasteiger partial charge < -0.3 is 15.0 Å². The van der Waals surface area contributed by atoms with Crippen molar-refractivity contribution in [1.29, 1.82) is 0 Å². The Morgan fingerprint density at radius 3 is 2.78 bits per heavy atom. The van der Waals surface area contributed by atoms with Gasteiger partial charge in [-0.1, -0.05) is 18.2 Å². The van der Waals surface area contributed by atoms with E-state index in [2.05, 4.69) is 63.8 Å². The fraction of sp³-hybridized carbons (Fsp3) is 0.238. The molecule has 4 aromatic rings. The van der Waals surface area contributed by atoms with Crippen molar-refractivity contribution >= 4 is 10.9 Å². The Labute approximate surface area is 158 Å². The van der Waals surface area contributed by atoms with Crippen LogP contribution in [0.2, 0.25) is 0 Å². The van der Waals surface area contributed by atoms with Crippen LogP contribution in [0.25, 0.3) is 16.6 Å². The Bertz CT molecular complexity index is 1000. The smallest absolute Gasteiger partial charge is 0.138 e. The van der Waals surface area contributed by atoms with E-state index in [4.69, 9.17) is 4.74 Å². The standard InChI is InChI=1S/C21H23N5O/c1-15(16-6-8-18(9-7-16)26-14-22-13-25-26)23-11-10-17-12-24-19-4-3-5-20(27-2)21(17)19/h3-9,12-15,23-24H,10-11H2,1-2H3. The lowest BCUT2D eigenvalue weighted by Crippen LogP contribution is -2.21. The monoisotopic (exact) mass is 361 g/mol. The predicted molar refractivity (Wildman–Crippen MR) is 106 cm³/mol. The quantitative estimate of drug-likeness (QED) is 0.527. The number of methoxy groups -OCH3 is 1. The molecule has 0 radical (unpaired) electrons. The number of ether oxygens (including phenoxy) is 1. The van der Waals surface area contributed by atoms with E-state index in [1.807, 2.05) is 12.1 Å². The minimum absolute atomic E-state index is 0.266. The summed E-state index contributed by atoms with van der Waals surface area (Å²) in [5.74, 6) is 0.917. The summed E-state index contributed by atoms with van der Waals surface area (Å²) in [6.45, 7) is 3.07. The van der Waals surface area contributed by atoms with E-state index < -0.39 is 0 Å².